The van der Waals surface area contributed by atoms with Gasteiger partial charge in [-0.15, -0.1) is 0 Å². The van der Waals surface area contributed by atoms with E-state index >= 15 is 0 Å². The lowest BCUT2D eigenvalue weighted by molar-refractivity contribution is -0.136. The number of rotatable bonds is 12. The fourth-order valence-corrected chi connectivity index (χ4v) is 2.58. The number of hydrogen-bond acceptors (Lipinski definition) is 5. The third kappa shape index (κ3) is 17.5. The van der Waals surface area contributed by atoms with Crippen molar-refractivity contribution in [3.63, 3.8) is 0 Å². The number of unbranched alkanes of at least 4 members (excludes halogenated alkanes) is 7. The third-order valence-electron chi connectivity index (χ3n) is 3.22. The first-order valence-corrected chi connectivity index (χ1v) is 9.65. The molecule has 0 aliphatic heterocycles. The molecular weight excluding hydrogens is 324 g/mol. The van der Waals surface area contributed by atoms with Gasteiger partial charge in [0.05, 0.1) is 12.7 Å². The van der Waals surface area contributed by atoms with E-state index in [2.05, 4.69) is 6.92 Å². The predicted molar refractivity (Wildman–Crippen MR) is 89.0 cm³/mol. The lowest BCUT2D eigenvalue weighted by Gasteiger charge is -2.08. The molecule has 0 aliphatic rings. The van der Waals surface area contributed by atoms with E-state index in [1.54, 1.807) is 0 Å². The molecule has 7 nitrogen and oxygen atoms in total. The van der Waals surface area contributed by atoms with E-state index in [4.69, 9.17) is 19.9 Å². The van der Waals surface area contributed by atoms with E-state index < -0.39 is 27.4 Å². The van der Waals surface area contributed by atoms with Gasteiger partial charge in [0.25, 0.3) is 10.1 Å². The molecule has 8 heteroatoms. The van der Waals surface area contributed by atoms with E-state index in [1.165, 1.54) is 32.6 Å². The Balaban J connectivity index is 0. The van der Waals surface area contributed by atoms with Crippen LogP contribution in [-0.4, -0.2) is 52.2 Å². The van der Waals surface area contributed by atoms with Gasteiger partial charge in [-0.25, -0.2) is 0 Å². The zero-order valence-corrected chi connectivity index (χ0v) is 15.0. The van der Waals surface area contributed by atoms with Crippen LogP contribution in [0.3, 0.4) is 0 Å². The minimum absolute atomic E-state index is 0.0108. The molecule has 0 heterocycles. The van der Waals surface area contributed by atoms with Gasteiger partial charge in [0.2, 0.25) is 0 Å². The van der Waals surface area contributed by atoms with Crippen LogP contribution in [0.25, 0.3) is 0 Å². The van der Waals surface area contributed by atoms with Crippen LogP contribution in [0.1, 0.15) is 71.6 Å². The van der Waals surface area contributed by atoms with Crippen molar-refractivity contribution in [3.8, 4) is 0 Å². The molecule has 0 amide bonds. The molecule has 0 bridgehead atoms. The molecule has 0 radical (unpaired) electrons. The van der Waals surface area contributed by atoms with E-state index in [1.807, 2.05) is 0 Å². The summed E-state index contributed by atoms with van der Waals surface area (Å²) in [4.78, 5) is 10.6. The fourth-order valence-electron chi connectivity index (χ4n) is 1.86. The van der Waals surface area contributed by atoms with Gasteiger partial charge in [-0.3, -0.25) is 9.35 Å². The lowest BCUT2D eigenvalue weighted by Crippen LogP contribution is -2.29. The molecule has 0 aliphatic carbocycles. The van der Waals surface area contributed by atoms with Gasteiger partial charge in [0.1, 0.15) is 0 Å². The molecular formula is C15H32O7S. The normalized spacial score (nSPS) is 13.8. The maximum Gasteiger partial charge on any atom is 0.324 e. The van der Waals surface area contributed by atoms with E-state index in [0.717, 1.165) is 19.3 Å². The third-order valence-corrected chi connectivity index (χ3v) is 4.38. The van der Waals surface area contributed by atoms with Crippen molar-refractivity contribution < 1.29 is 33.1 Å². The minimum Gasteiger partial charge on any atom is -0.480 e. The molecule has 2 atom stereocenters. The number of carbonyl (C=O) groups is 1. The van der Waals surface area contributed by atoms with Gasteiger partial charge >= 0.3 is 5.97 Å². The van der Waals surface area contributed by atoms with Gasteiger partial charge < -0.3 is 15.3 Å². The Labute approximate surface area is 139 Å². The summed E-state index contributed by atoms with van der Waals surface area (Å²) in [7, 11) is -4.47. The van der Waals surface area contributed by atoms with Crippen LogP contribution in [0.4, 0.5) is 0 Å². The molecule has 0 aromatic carbocycles. The summed E-state index contributed by atoms with van der Waals surface area (Å²) in [6, 6.07) is 0. The Morgan fingerprint density at radius 2 is 1.39 bits per heavy atom. The predicted octanol–water partition coefficient (Wildman–Crippen LogP) is 2.22. The molecule has 0 spiro atoms. The number of hydrogen-bond donors (Lipinski definition) is 4. The smallest absolute Gasteiger partial charge is 0.324 e. The average Bonchev–Trinajstić information content (AvgIpc) is 2.44. The molecule has 0 saturated heterocycles. The number of aliphatic carboxylic acids is 1. The lowest BCUT2D eigenvalue weighted by atomic mass is 10.1. The van der Waals surface area contributed by atoms with E-state index in [9.17, 15) is 13.2 Å². The van der Waals surface area contributed by atoms with Crippen molar-refractivity contribution in [1.29, 1.82) is 0 Å². The van der Waals surface area contributed by atoms with Gasteiger partial charge in [0.15, 0.2) is 5.25 Å². The highest BCUT2D eigenvalue weighted by Crippen LogP contribution is 2.13. The molecule has 0 aromatic rings. The summed E-state index contributed by atoms with van der Waals surface area (Å²) in [6.07, 6.45) is 7.69. The van der Waals surface area contributed by atoms with Crippen molar-refractivity contribution in [3.05, 3.63) is 0 Å². The van der Waals surface area contributed by atoms with Crippen molar-refractivity contribution in [1.82, 2.24) is 0 Å². The number of carboxylic acids is 1. The standard InChI is InChI=1S/C12H24O5S.C3H8O2/c1-2-3-4-5-6-7-8-9-10-11(12(13)14)18(15,16)17;1-3(5)2-4/h11H,2-10H2,1H3,(H,13,14)(H,15,16,17);3-5H,2H2,1H3. The van der Waals surface area contributed by atoms with Crippen molar-refractivity contribution in [2.45, 2.75) is 83.0 Å². The second kappa shape index (κ2) is 14.9. The van der Waals surface area contributed by atoms with E-state index in [0.29, 0.717) is 6.42 Å². The molecule has 23 heavy (non-hydrogen) atoms. The summed E-state index contributed by atoms with van der Waals surface area (Å²) in [5.74, 6) is -1.47. The highest BCUT2D eigenvalue weighted by molar-refractivity contribution is 7.87. The van der Waals surface area contributed by atoms with Gasteiger partial charge in [-0.2, -0.15) is 8.42 Å². The number of aliphatic hydroxyl groups excluding tert-OH is 2. The fraction of sp³-hybridized carbons (Fsp3) is 0.933. The SMILES string of the molecule is CC(O)CO.CCCCCCCCCCC(C(=O)O)S(=O)(=O)O. The molecule has 140 valence electrons. The van der Waals surface area contributed by atoms with Crippen molar-refractivity contribution >= 4 is 16.1 Å². The first kappa shape index (κ1) is 24.6. The van der Waals surface area contributed by atoms with Crippen LogP contribution in [0.5, 0.6) is 0 Å². The highest BCUT2D eigenvalue weighted by atomic mass is 32.2. The topological polar surface area (TPSA) is 132 Å². The molecule has 4 N–H and O–H groups in total. The van der Waals surface area contributed by atoms with Crippen LogP contribution in [0.15, 0.2) is 0 Å². The molecule has 0 aromatic heterocycles. The summed E-state index contributed by atoms with van der Waals surface area (Å²) < 4.78 is 30.3. The summed E-state index contributed by atoms with van der Waals surface area (Å²) in [5.41, 5.74) is 0. The maximum absolute atomic E-state index is 10.8. The van der Waals surface area contributed by atoms with Crippen LogP contribution in [0.2, 0.25) is 0 Å². The van der Waals surface area contributed by atoms with Gasteiger partial charge in [-0.05, 0) is 13.3 Å². The monoisotopic (exact) mass is 356 g/mol. The quantitative estimate of drug-likeness (QED) is 0.311. The maximum atomic E-state index is 10.8. The Hall–Kier alpha value is -0.700. The summed E-state index contributed by atoms with van der Waals surface area (Å²) in [5, 5.41) is 23.0. The zero-order chi connectivity index (χ0) is 18.3. The number of aliphatic hydroxyl groups is 2. The molecule has 2 unspecified atom stereocenters. The molecule has 0 saturated carbocycles. The van der Waals surface area contributed by atoms with Crippen LogP contribution in [-0.2, 0) is 14.9 Å². The molecule has 0 rings (SSSR count). The molecule has 0 fully saturated rings. The minimum atomic E-state index is -4.47. The highest BCUT2D eigenvalue weighted by Gasteiger charge is 2.29. The van der Waals surface area contributed by atoms with Crippen LogP contribution >= 0.6 is 0 Å². The zero-order valence-electron chi connectivity index (χ0n) is 14.1. The van der Waals surface area contributed by atoms with Crippen LogP contribution in [0, 0.1) is 0 Å². The average molecular weight is 356 g/mol. The first-order valence-electron chi connectivity index (χ1n) is 8.14. The summed E-state index contributed by atoms with van der Waals surface area (Å²) in [6.45, 7) is 3.54. The second-order valence-corrected chi connectivity index (χ2v) is 7.24. The Morgan fingerprint density at radius 3 is 1.70 bits per heavy atom. The van der Waals surface area contributed by atoms with E-state index in [-0.39, 0.29) is 13.0 Å². The Bertz CT molecular complexity index is 379. The largest absolute Gasteiger partial charge is 0.480 e. The van der Waals surface area contributed by atoms with Crippen molar-refractivity contribution in [2.24, 2.45) is 0 Å². The Morgan fingerprint density at radius 1 is 1.00 bits per heavy atom. The number of carboxylic acid groups (broad SMARTS) is 1. The first-order chi connectivity index (χ1) is 10.7. The second-order valence-electron chi connectivity index (χ2n) is 5.64. The van der Waals surface area contributed by atoms with Gasteiger partial charge in [0, 0.05) is 0 Å². The van der Waals surface area contributed by atoms with Gasteiger partial charge in [-0.1, -0.05) is 58.3 Å². The van der Waals surface area contributed by atoms with Crippen molar-refractivity contribution in [2.75, 3.05) is 6.61 Å². The Kier molecular flexibility index (Phi) is 15.9. The van der Waals surface area contributed by atoms with Crippen LogP contribution < -0.4 is 0 Å². The summed E-state index contributed by atoms with van der Waals surface area (Å²) >= 11 is 0.